The second-order valence-electron chi connectivity index (χ2n) is 4.64. The number of aromatic nitrogens is 2. The fourth-order valence-electron chi connectivity index (χ4n) is 2.16. The van der Waals surface area contributed by atoms with Gasteiger partial charge >= 0.3 is 0 Å². The number of piperidine rings is 1. The molecule has 1 aliphatic heterocycles. The summed E-state index contributed by atoms with van der Waals surface area (Å²) >= 11 is 1.17. The molecular formula is C13H17N3O2S. The molecular weight excluding hydrogens is 262 g/mol. The molecule has 0 N–H and O–H groups in total. The lowest BCUT2D eigenvalue weighted by atomic mass is 9.97. The maximum atomic E-state index is 12.2. The van der Waals surface area contributed by atoms with Gasteiger partial charge in [-0.25, -0.2) is 0 Å². The van der Waals surface area contributed by atoms with E-state index < -0.39 is 0 Å². The van der Waals surface area contributed by atoms with Crippen molar-refractivity contribution in [2.75, 3.05) is 26.3 Å². The van der Waals surface area contributed by atoms with Crippen molar-refractivity contribution in [2.24, 2.45) is 5.92 Å². The van der Waals surface area contributed by atoms with Crippen molar-refractivity contribution in [1.82, 2.24) is 14.5 Å². The van der Waals surface area contributed by atoms with Gasteiger partial charge in [-0.05, 0) is 37.2 Å². The van der Waals surface area contributed by atoms with Gasteiger partial charge in [0.05, 0.1) is 12.3 Å². The van der Waals surface area contributed by atoms with Crippen LogP contribution < -0.4 is 0 Å². The van der Waals surface area contributed by atoms with Crippen LogP contribution in [0.5, 0.6) is 0 Å². The predicted octanol–water partition coefficient (Wildman–Crippen LogP) is 1.35. The fourth-order valence-corrected chi connectivity index (χ4v) is 2.78. The number of hydrogen-bond acceptors (Lipinski definition) is 5. The van der Waals surface area contributed by atoms with Crippen LogP contribution in [0.4, 0.5) is 0 Å². The van der Waals surface area contributed by atoms with Crippen LogP contribution >= 0.6 is 11.5 Å². The smallest absolute Gasteiger partial charge is 0.267 e. The maximum Gasteiger partial charge on any atom is 0.267 e. The minimum atomic E-state index is 0.0514. The Labute approximate surface area is 117 Å². The van der Waals surface area contributed by atoms with Gasteiger partial charge < -0.3 is 9.64 Å². The Bertz CT molecular complexity index is 472. The first-order valence-corrected chi connectivity index (χ1v) is 7.09. The van der Waals surface area contributed by atoms with Crippen molar-refractivity contribution < 1.29 is 9.53 Å². The summed E-state index contributed by atoms with van der Waals surface area (Å²) in [6.07, 6.45) is 7.06. The van der Waals surface area contributed by atoms with E-state index >= 15 is 0 Å². The predicted molar refractivity (Wildman–Crippen MR) is 72.9 cm³/mol. The average Bonchev–Trinajstić information content (AvgIpc) is 2.85. The molecule has 0 spiro atoms. The van der Waals surface area contributed by atoms with Crippen LogP contribution in [-0.2, 0) is 4.74 Å². The summed E-state index contributed by atoms with van der Waals surface area (Å²) in [5, 5.41) is 3.88. The van der Waals surface area contributed by atoms with Crippen molar-refractivity contribution >= 4 is 17.4 Å². The molecule has 1 saturated heterocycles. The number of hydrogen-bond donors (Lipinski definition) is 0. The van der Waals surface area contributed by atoms with Crippen molar-refractivity contribution in [3.8, 4) is 12.3 Å². The van der Waals surface area contributed by atoms with Crippen LogP contribution in [0.25, 0.3) is 0 Å². The van der Waals surface area contributed by atoms with Crippen molar-refractivity contribution in [3.05, 3.63) is 10.6 Å². The summed E-state index contributed by atoms with van der Waals surface area (Å²) in [5.41, 5.74) is 0.717. The summed E-state index contributed by atoms with van der Waals surface area (Å²) in [5.74, 6) is 3.01. The van der Waals surface area contributed by atoms with Crippen LogP contribution in [0.3, 0.4) is 0 Å². The van der Waals surface area contributed by atoms with E-state index in [1.165, 1.54) is 11.5 Å². The Kier molecular flexibility index (Phi) is 4.88. The average molecular weight is 279 g/mol. The van der Waals surface area contributed by atoms with Crippen LogP contribution in [-0.4, -0.2) is 46.7 Å². The van der Waals surface area contributed by atoms with Crippen molar-refractivity contribution in [3.63, 3.8) is 0 Å². The Balaban J connectivity index is 1.82. The Morgan fingerprint density at radius 3 is 2.89 bits per heavy atom. The van der Waals surface area contributed by atoms with Gasteiger partial charge in [0.1, 0.15) is 11.5 Å². The van der Waals surface area contributed by atoms with Gasteiger partial charge in [-0.15, -0.1) is 11.5 Å². The molecule has 0 saturated carbocycles. The summed E-state index contributed by atoms with van der Waals surface area (Å²) in [6.45, 7) is 4.40. The minimum absolute atomic E-state index is 0.0514. The molecule has 0 unspecified atom stereocenters. The zero-order valence-electron chi connectivity index (χ0n) is 11.0. The molecule has 2 rings (SSSR count). The highest BCUT2D eigenvalue weighted by Crippen LogP contribution is 2.21. The number of nitrogens with zero attached hydrogens (tertiary/aromatic N) is 3. The summed E-state index contributed by atoms with van der Waals surface area (Å²) in [4.78, 5) is 14.8. The molecule has 102 valence electrons. The highest BCUT2D eigenvalue weighted by Gasteiger charge is 2.25. The van der Waals surface area contributed by atoms with Gasteiger partial charge in [0, 0.05) is 13.1 Å². The molecule has 0 radical (unpaired) electrons. The molecule has 5 nitrogen and oxygen atoms in total. The SMILES string of the molecule is C#CCOCC1CCN(C(=O)c2snnc2C)CC1. The second kappa shape index (κ2) is 6.64. The molecule has 1 aliphatic rings. The van der Waals surface area contributed by atoms with Crippen molar-refractivity contribution in [1.29, 1.82) is 0 Å². The van der Waals surface area contributed by atoms with Crippen molar-refractivity contribution in [2.45, 2.75) is 19.8 Å². The molecule has 0 aromatic carbocycles. The number of carbonyl (C=O) groups excluding carboxylic acids is 1. The second-order valence-corrected chi connectivity index (χ2v) is 5.40. The van der Waals surface area contributed by atoms with E-state index in [1.54, 1.807) is 0 Å². The standard InChI is InChI=1S/C13H17N3O2S/c1-3-8-18-9-11-4-6-16(7-5-11)13(17)12-10(2)14-15-19-12/h1,11H,4-9H2,2H3. The Morgan fingerprint density at radius 2 is 2.32 bits per heavy atom. The zero-order chi connectivity index (χ0) is 13.7. The molecule has 0 atom stereocenters. The van der Waals surface area contributed by atoms with E-state index in [2.05, 4.69) is 15.5 Å². The lowest BCUT2D eigenvalue weighted by Crippen LogP contribution is -2.39. The lowest BCUT2D eigenvalue weighted by Gasteiger charge is -2.31. The number of likely N-dealkylation sites (tertiary alicyclic amines) is 1. The zero-order valence-corrected chi connectivity index (χ0v) is 11.8. The van der Waals surface area contributed by atoms with Gasteiger partial charge in [-0.3, -0.25) is 4.79 Å². The first-order valence-electron chi connectivity index (χ1n) is 6.31. The Hall–Kier alpha value is -1.45. The number of terminal acetylenes is 1. The molecule has 1 aromatic rings. The molecule has 19 heavy (non-hydrogen) atoms. The highest BCUT2D eigenvalue weighted by molar-refractivity contribution is 7.07. The monoisotopic (exact) mass is 279 g/mol. The number of ether oxygens (including phenoxy) is 1. The van der Waals surface area contributed by atoms with Crippen LogP contribution in [0.15, 0.2) is 0 Å². The maximum absolute atomic E-state index is 12.2. The van der Waals surface area contributed by atoms with Gasteiger partial charge in [0.15, 0.2) is 0 Å². The molecule has 6 heteroatoms. The van der Waals surface area contributed by atoms with Gasteiger partial charge in [0.2, 0.25) is 0 Å². The molecule has 1 fully saturated rings. The minimum Gasteiger partial charge on any atom is -0.369 e. The third-order valence-electron chi connectivity index (χ3n) is 3.29. The van der Waals surface area contributed by atoms with E-state index in [-0.39, 0.29) is 5.91 Å². The molecule has 0 bridgehead atoms. The van der Waals surface area contributed by atoms with Crippen LogP contribution in [0.1, 0.15) is 28.2 Å². The first-order chi connectivity index (χ1) is 9.22. The van der Waals surface area contributed by atoms with Crippen LogP contribution in [0, 0.1) is 25.2 Å². The highest BCUT2D eigenvalue weighted by atomic mass is 32.1. The first kappa shape index (κ1) is 14.0. The summed E-state index contributed by atoms with van der Waals surface area (Å²) < 4.78 is 9.16. The van der Waals surface area contributed by atoms with E-state index in [0.29, 0.717) is 24.0 Å². The lowest BCUT2D eigenvalue weighted by molar-refractivity contribution is 0.0585. The van der Waals surface area contributed by atoms with Crippen LogP contribution in [0.2, 0.25) is 0 Å². The van der Waals surface area contributed by atoms with E-state index in [9.17, 15) is 4.79 Å². The number of rotatable bonds is 4. The van der Waals surface area contributed by atoms with E-state index in [0.717, 1.165) is 31.6 Å². The Morgan fingerprint density at radius 1 is 1.58 bits per heavy atom. The van der Waals surface area contributed by atoms with Gasteiger partial charge in [0.25, 0.3) is 5.91 Å². The molecule has 0 aliphatic carbocycles. The molecule has 2 heterocycles. The number of amides is 1. The van der Waals surface area contributed by atoms with Gasteiger partial charge in [-0.2, -0.15) is 0 Å². The third kappa shape index (κ3) is 3.52. The van der Waals surface area contributed by atoms with Gasteiger partial charge in [-0.1, -0.05) is 10.4 Å². The largest absolute Gasteiger partial charge is 0.369 e. The third-order valence-corrected chi connectivity index (χ3v) is 4.10. The number of carbonyl (C=O) groups is 1. The van der Waals surface area contributed by atoms with E-state index in [4.69, 9.17) is 11.2 Å². The fraction of sp³-hybridized carbons (Fsp3) is 0.615. The quantitative estimate of drug-likeness (QED) is 0.616. The summed E-state index contributed by atoms with van der Waals surface area (Å²) in [6, 6.07) is 0. The summed E-state index contributed by atoms with van der Waals surface area (Å²) in [7, 11) is 0. The molecule has 1 amide bonds. The molecule has 1 aromatic heterocycles. The van der Waals surface area contributed by atoms with E-state index in [1.807, 2.05) is 11.8 Å². The topological polar surface area (TPSA) is 55.3 Å². The normalized spacial score (nSPS) is 16.3. The number of aryl methyl sites for hydroxylation is 1.